The molecule has 0 saturated carbocycles. The second-order valence-electron chi connectivity index (χ2n) is 7.86. The summed E-state index contributed by atoms with van der Waals surface area (Å²) in [4.78, 5) is 23.5. The molecule has 1 saturated heterocycles. The third kappa shape index (κ3) is 9.85. The average molecular weight is 512 g/mol. The van der Waals surface area contributed by atoms with E-state index in [1.807, 2.05) is 20.8 Å². The van der Waals surface area contributed by atoms with E-state index < -0.39 is 22.2 Å². The Labute approximate surface area is 197 Å². The van der Waals surface area contributed by atoms with Crippen molar-refractivity contribution < 1.29 is 41.0 Å². The lowest BCUT2D eigenvalue weighted by Crippen LogP contribution is -2.50. The first-order valence-corrected chi connectivity index (χ1v) is 12.2. The molecule has 0 spiro atoms. The molecule has 2 N–H and O–H groups in total. The fraction of sp³-hybridized carbons (Fsp3) is 0.619. The van der Waals surface area contributed by atoms with Crippen molar-refractivity contribution in [3.63, 3.8) is 0 Å². The van der Waals surface area contributed by atoms with Gasteiger partial charge >= 0.3 is 12.1 Å². The van der Waals surface area contributed by atoms with Crippen molar-refractivity contribution >= 4 is 21.9 Å². The summed E-state index contributed by atoms with van der Waals surface area (Å²) in [6.07, 6.45) is -4.38. The summed E-state index contributed by atoms with van der Waals surface area (Å²) in [5.74, 6) is -1.93. The van der Waals surface area contributed by atoms with E-state index in [4.69, 9.17) is 14.6 Å². The number of amides is 1. The van der Waals surface area contributed by atoms with Crippen LogP contribution in [0, 0.1) is 5.92 Å². The number of halogens is 3. The summed E-state index contributed by atoms with van der Waals surface area (Å²) in [6, 6.07) is 6.38. The maximum absolute atomic E-state index is 13.1. The number of ether oxygens (including phenoxy) is 1. The van der Waals surface area contributed by atoms with Gasteiger partial charge in [-0.25, -0.2) is 13.2 Å². The van der Waals surface area contributed by atoms with Gasteiger partial charge in [-0.05, 0) is 43.5 Å². The highest BCUT2D eigenvalue weighted by Crippen LogP contribution is 2.21. The van der Waals surface area contributed by atoms with Crippen molar-refractivity contribution in [2.75, 3.05) is 45.9 Å². The molecule has 1 aliphatic rings. The van der Waals surface area contributed by atoms with Crippen LogP contribution in [-0.2, 0) is 19.6 Å². The predicted octanol–water partition coefficient (Wildman–Crippen LogP) is 2.19. The van der Waals surface area contributed by atoms with Crippen LogP contribution < -0.4 is 10.1 Å². The second-order valence-corrected chi connectivity index (χ2v) is 9.80. The molecule has 1 heterocycles. The van der Waals surface area contributed by atoms with Crippen LogP contribution in [0.15, 0.2) is 29.2 Å². The standard InChI is InChI=1S/C19H31N3O4S.C2HF3O2/c1-4-26-17-5-7-18(8-6-17)27(24,25)22(12-9-16(2)3)15-19(23)21-13-10-20-11-14-21;3-2(4,5)1(6)7/h5-8,16,20H,4,9-15H2,1-3H3;(H,6,7). The zero-order valence-corrected chi connectivity index (χ0v) is 20.3. The smallest absolute Gasteiger partial charge is 0.490 e. The van der Waals surface area contributed by atoms with Crippen molar-refractivity contribution in [2.45, 2.75) is 38.3 Å². The van der Waals surface area contributed by atoms with Crippen molar-refractivity contribution in [3.05, 3.63) is 24.3 Å². The van der Waals surface area contributed by atoms with Gasteiger partial charge in [-0.2, -0.15) is 17.5 Å². The number of alkyl halides is 3. The van der Waals surface area contributed by atoms with E-state index in [9.17, 15) is 26.4 Å². The number of rotatable bonds is 9. The number of sulfonamides is 1. The van der Waals surface area contributed by atoms with Crippen LogP contribution in [0.4, 0.5) is 13.2 Å². The summed E-state index contributed by atoms with van der Waals surface area (Å²) in [5.41, 5.74) is 0. The van der Waals surface area contributed by atoms with Crippen molar-refractivity contribution in [1.82, 2.24) is 14.5 Å². The number of carboxylic acids is 1. The van der Waals surface area contributed by atoms with Gasteiger partial charge < -0.3 is 20.1 Å². The van der Waals surface area contributed by atoms with Gasteiger partial charge in [0.05, 0.1) is 18.0 Å². The van der Waals surface area contributed by atoms with Crippen LogP contribution in [-0.4, -0.2) is 86.7 Å². The normalized spacial score (nSPS) is 14.5. The number of carboxylic acid groups (broad SMARTS) is 1. The summed E-state index contributed by atoms with van der Waals surface area (Å²) in [7, 11) is -3.75. The van der Waals surface area contributed by atoms with E-state index >= 15 is 0 Å². The van der Waals surface area contributed by atoms with Crippen LogP contribution in [0.3, 0.4) is 0 Å². The number of aliphatic carboxylic acids is 1. The molecule has 0 aliphatic carbocycles. The van der Waals surface area contributed by atoms with Crippen LogP contribution in [0.25, 0.3) is 0 Å². The molecule has 13 heteroatoms. The molecule has 1 amide bonds. The number of nitrogens with one attached hydrogen (secondary N) is 1. The van der Waals surface area contributed by atoms with Crippen molar-refractivity contribution in [2.24, 2.45) is 5.92 Å². The molecule has 1 aliphatic heterocycles. The molecule has 34 heavy (non-hydrogen) atoms. The average Bonchev–Trinajstić information content (AvgIpc) is 2.77. The maximum Gasteiger partial charge on any atom is 0.490 e. The van der Waals surface area contributed by atoms with Crippen molar-refractivity contribution in [1.29, 1.82) is 0 Å². The van der Waals surface area contributed by atoms with Crippen LogP contribution >= 0.6 is 0 Å². The third-order valence-corrected chi connectivity index (χ3v) is 6.61. The number of nitrogens with zero attached hydrogens (tertiary/aromatic N) is 2. The van der Waals surface area contributed by atoms with Gasteiger partial charge in [-0.15, -0.1) is 0 Å². The van der Waals surface area contributed by atoms with Gasteiger partial charge in [0.15, 0.2) is 0 Å². The van der Waals surface area contributed by atoms with Crippen molar-refractivity contribution in [3.8, 4) is 5.75 Å². The summed E-state index contributed by atoms with van der Waals surface area (Å²) in [5, 5.41) is 10.3. The highest BCUT2D eigenvalue weighted by molar-refractivity contribution is 7.89. The molecule has 194 valence electrons. The number of piperazine rings is 1. The minimum Gasteiger partial charge on any atom is -0.494 e. The molecule has 0 aromatic heterocycles. The largest absolute Gasteiger partial charge is 0.494 e. The second kappa shape index (κ2) is 13.5. The van der Waals surface area contributed by atoms with Gasteiger partial charge in [0, 0.05) is 32.7 Å². The Balaban J connectivity index is 0.000000718. The molecule has 1 aromatic rings. The lowest BCUT2D eigenvalue weighted by Gasteiger charge is -2.30. The van der Waals surface area contributed by atoms with E-state index in [1.54, 1.807) is 17.0 Å². The lowest BCUT2D eigenvalue weighted by atomic mass is 10.1. The van der Waals surface area contributed by atoms with Gasteiger partial charge in [0.25, 0.3) is 0 Å². The molecule has 1 fully saturated rings. The Morgan fingerprint density at radius 3 is 2.15 bits per heavy atom. The van der Waals surface area contributed by atoms with E-state index in [2.05, 4.69) is 5.32 Å². The van der Waals surface area contributed by atoms with E-state index in [-0.39, 0.29) is 17.3 Å². The Bertz CT molecular complexity index is 886. The fourth-order valence-electron chi connectivity index (χ4n) is 2.88. The summed E-state index contributed by atoms with van der Waals surface area (Å²) >= 11 is 0. The minimum absolute atomic E-state index is 0.123. The molecule has 0 radical (unpaired) electrons. The first kappa shape index (κ1) is 29.7. The molecule has 9 nitrogen and oxygen atoms in total. The Hall–Kier alpha value is -2.38. The molecule has 1 aromatic carbocycles. The molecule has 0 unspecified atom stereocenters. The first-order chi connectivity index (χ1) is 15.8. The SMILES string of the molecule is CCOc1ccc(S(=O)(=O)N(CCC(C)C)CC(=O)N2CCNCC2)cc1.O=C(O)C(F)(F)F. The molecule has 0 bridgehead atoms. The Kier molecular flexibility index (Phi) is 11.8. The molecular weight excluding hydrogens is 479 g/mol. The number of carbonyl (C=O) groups excluding carboxylic acids is 1. The van der Waals surface area contributed by atoms with Crippen LogP contribution in [0.2, 0.25) is 0 Å². The first-order valence-electron chi connectivity index (χ1n) is 10.8. The topological polar surface area (TPSA) is 116 Å². The van der Waals surface area contributed by atoms with E-state index in [1.165, 1.54) is 16.4 Å². The van der Waals surface area contributed by atoms with Gasteiger partial charge in [-0.3, -0.25) is 4.79 Å². The monoisotopic (exact) mass is 511 g/mol. The zero-order chi connectivity index (χ0) is 25.9. The highest BCUT2D eigenvalue weighted by atomic mass is 32.2. The van der Waals surface area contributed by atoms with Crippen LogP contribution in [0.5, 0.6) is 5.75 Å². The third-order valence-electron chi connectivity index (χ3n) is 4.75. The Morgan fingerprint density at radius 1 is 1.18 bits per heavy atom. The highest BCUT2D eigenvalue weighted by Gasteiger charge is 2.38. The molecule has 0 atom stereocenters. The number of hydrogen-bond donors (Lipinski definition) is 2. The van der Waals surface area contributed by atoms with Gasteiger partial charge in [-0.1, -0.05) is 13.8 Å². The zero-order valence-electron chi connectivity index (χ0n) is 19.5. The van der Waals surface area contributed by atoms with Crippen LogP contribution in [0.1, 0.15) is 27.2 Å². The number of carbonyl (C=O) groups is 2. The Morgan fingerprint density at radius 2 is 1.71 bits per heavy atom. The van der Waals surface area contributed by atoms with Gasteiger partial charge in [0.1, 0.15) is 5.75 Å². The fourth-order valence-corrected chi connectivity index (χ4v) is 4.28. The summed E-state index contributed by atoms with van der Waals surface area (Å²) < 4.78 is 64.7. The molecule has 2 rings (SSSR count). The number of benzene rings is 1. The lowest BCUT2D eigenvalue weighted by molar-refractivity contribution is -0.192. The predicted molar refractivity (Wildman–Crippen MR) is 119 cm³/mol. The quantitative estimate of drug-likeness (QED) is 0.522. The molecular formula is C21H32F3N3O6S. The van der Waals surface area contributed by atoms with E-state index in [0.717, 1.165) is 13.1 Å². The summed E-state index contributed by atoms with van der Waals surface area (Å²) in [6.45, 7) is 9.38. The minimum atomic E-state index is -5.08. The number of hydrogen-bond acceptors (Lipinski definition) is 6. The maximum atomic E-state index is 13.1. The van der Waals surface area contributed by atoms with Gasteiger partial charge in [0.2, 0.25) is 15.9 Å². The van der Waals surface area contributed by atoms with E-state index in [0.29, 0.717) is 44.3 Å².